The van der Waals surface area contributed by atoms with Crippen LogP contribution in [0.1, 0.15) is 28.3 Å². The molecule has 1 amide bonds. The molecule has 4 N–H and O–H groups in total. The second-order valence-corrected chi connectivity index (χ2v) is 8.71. The number of quaternary nitrogens is 1. The van der Waals surface area contributed by atoms with Gasteiger partial charge < -0.3 is 25.2 Å². The molecule has 9 nitrogen and oxygen atoms in total. The number of pyridine rings is 2. The highest BCUT2D eigenvalue weighted by atomic mass is 19.4. The number of aliphatic carboxylic acids is 1. The number of imidazole rings is 1. The SMILES string of the molecule is O=C(NCc1cncc2ccccc12)c1[nH]c(C[NH+]2CCC(O)C2)[n+]2ccccc12.O=C([O-])C(F)(F)F. The van der Waals surface area contributed by atoms with Gasteiger partial charge in [-0.05, 0) is 23.1 Å². The fourth-order valence-corrected chi connectivity index (χ4v) is 4.34. The van der Waals surface area contributed by atoms with Gasteiger partial charge in [-0.25, -0.2) is 4.98 Å². The molecule has 0 radical (unpaired) electrons. The van der Waals surface area contributed by atoms with Gasteiger partial charge in [-0.2, -0.15) is 17.6 Å². The number of benzene rings is 1. The number of H-pyrrole nitrogens is 1. The Bertz CT molecular complexity index is 1420. The number of hydrogen-bond donors (Lipinski definition) is 4. The van der Waals surface area contributed by atoms with E-state index in [-0.39, 0.29) is 12.0 Å². The summed E-state index contributed by atoms with van der Waals surface area (Å²) in [5.74, 6) is -2.19. The first-order chi connectivity index (χ1) is 17.6. The third-order valence-corrected chi connectivity index (χ3v) is 6.10. The normalized spacial score (nSPS) is 17.4. The van der Waals surface area contributed by atoms with Gasteiger partial charge in [0.25, 0.3) is 5.91 Å². The van der Waals surface area contributed by atoms with E-state index < -0.39 is 12.1 Å². The first kappa shape index (κ1) is 26.0. The number of aliphatic hydroxyl groups excluding tert-OH is 1. The molecule has 2 unspecified atom stereocenters. The Labute approximate surface area is 209 Å². The number of rotatable bonds is 5. The summed E-state index contributed by atoms with van der Waals surface area (Å²) in [6.07, 6.45) is 1.00. The van der Waals surface area contributed by atoms with Crippen molar-refractivity contribution >= 4 is 28.2 Å². The van der Waals surface area contributed by atoms with Crippen molar-refractivity contribution in [1.82, 2.24) is 15.3 Å². The Kier molecular flexibility index (Phi) is 7.69. The zero-order valence-corrected chi connectivity index (χ0v) is 19.6. The number of carbonyl (C=O) groups excluding carboxylic acids is 2. The van der Waals surface area contributed by atoms with Crippen molar-refractivity contribution in [2.24, 2.45) is 0 Å². The molecule has 0 bridgehead atoms. The number of aromatic nitrogens is 3. The van der Waals surface area contributed by atoms with Gasteiger partial charge in [0, 0.05) is 30.7 Å². The van der Waals surface area contributed by atoms with Gasteiger partial charge in [0.05, 0.1) is 12.7 Å². The van der Waals surface area contributed by atoms with Gasteiger partial charge in [-0.1, -0.05) is 30.3 Å². The number of likely N-dealkylation sites (tertiary alicyclic amines) is 1. The zero-order valence-electron chi connectivity index (χ0n) is 19.6. The lowest BCUT2D eigenvalue weighted by molar-refractivity contribution is -0.908. The maximum atomic E-state index is 13.0. The van der Waals surface area contributed by atoms with Crippen molar-refractivity contribution in [2.45, 2.75) is 31.8 Å². The second kappa shape index (κ2) is 10.9. The number of nitrogens with one attached hydrogen (secondary N) is 3. The molecule has 4 aromatic rings. The van der Waals surface area contributed by atoms with Crippen LogP contribution in [0.3, 0.4) is 0 Å². The summed E-state index contributed by atoms with van der Waals surface area (Å²) in [5.41, 5.74) is 2.39. The minimum absolute atomic E-state index is 0.144. The van der Waals surface area contributed by atoms with Crippen LogP contribution in [0.5, 0.6) is 0 Å². The molecule has 194 valence electrons. The number of aliphatic hydroxyl groups is 1. The third-order valence-electron chi connectivity index (χ3n) is 6.10. The summed E-state index contributed by atoms with van der Waals surface area (Å²) in [6, 6.07) is 13.9. The molecule has 2 atom stereocenters. The Morgan fingerprint density at radius 2 is 1.92 bits per heavy atom. The predicted octanol–water partition coefficient (Wildman–Crippen LogP) is -0.320. The standard InChI is InChI=1S/C23H23N5O2.C2HF3O2/c29-18-8-10-27(14-18)15-21-26-22(20-7-3-4-9-28(20)21)23(30)25-13-17-12-24-11-16-5-1-2-6-19(16)17;3-2(4,5)1(6)7/h1-7,9,11-12,18,29H,8,10,13-15H2,(H,25,30);(H,6,7)/p+1. The maximum Gasteiger partial charge on any atom is 0.430 e. The van der Waals surface area contributed by atoms with Crippen LogP contribution in [0, 0.1) is 0 Å². The molecule has 1 aromatic carbocycles. The van der Waals surface area contributed by atoms with Crippen molar-refractivity contribution in [3.05, 3.63) is 78.1 Å². The summed E-state index contributed by atoms with van der Waals surface area (Å²) >= 11 is 0. The molecule has 1 aliphatic rings. The molecule has 37 heavy (non-hydrogen) atoms. The van der Waals surface area contributed by atoms with Gasteiger partial charge in [-0.15, -0.1) is 0 Å². The quantitative estimate of drug-likeness (QED) is 0.271. The first-order valence-corrected chi connectivity index (χ1v) is 11.5. The number of hydrogen-bond acceptors (Lipinski definition) is 5. The van der Waals surface area contributed by atoms with Crippen molar-refractivity contribution in [1.29, 1.82) is 0 Å². The van der Waals surface area contributed by atoms with E-state index in [0.29, 0.717) is 12.2 Å². The molecular weight excluding hydrogens is 491 g/mol. The van der Waals surface area contributed by atoms with E-state index in [2.05, 4.69) is 15.3 Å². The lowest BCUT2D eigenvalue weighted by Crippen LogP contribution is -3.09. The predicted molar refractivity (Wildman–Crippen MR) is 123 cm³/mol. The number of carboxylic acid groups (broad SMARTS) is 1. The van der Waals surface area contributed by atoms with E-state index >= 15 is 0 Å². The number of aromatic amines is 1. The largest absolute Gasteiger partial charge is 0.542 e. The number of nitrogens with zero attached hydrogens (tertiary/aromatic N) is 2. The fourth-order valence-electron chi connectivity index (χ4n) is 4.34. The molecule has 0 saturated carbocycles. The van der Waals surface area contributed by atoms with Gasteiger partial charge in [0.15, 0.2) is 12.1 Å². The van der Waals surface area contributed by atoms with E-state index in [1.54, 1.807) is 6.20 Å². The Hall–Kier alpha value is -4.03. The van der Waals surface area contributed by atoms with E-state index in [0.717, 1.165) is 53.7 Å². The van der Waals surface area contributed by atoms with E-state index in [9.17, 15) is 23.1 Å². The number of carboxylic acids is 1. The van der Waals surface area contributed by atoms with Gasteiger partial charge in [0.2, 0.25) is 5.69 Å². The average Bonchev–Trinajstić information content (AvgIpc) is 3.45. The molecule has 5 rings (SSSR count). The zero-order chi connectivity index (χ0) is 26.6. The monoisotopic (exact) mass is 516 g/mol. The number of halogens is 3. The summed E-state index contributed by atoms with van der Waals surface area (Å²) in [6.45, 7) is 2.82. The Morgan fingerprint density at radius 1 is 1.19 bits per heavy atom. The topological polar surface area (TPSA) is 127 Å². The van der Waals surface area contributed by atoms with Crippen LogP contribution in [-0.2, 0) is 17.9 Å². The Balaban J connectivity index is 0.000000405. The minimum atomic E-state index is -5.19. The molecule has 0 aliphatic carbocycles. The average molecular weight is 517 g/mol. The van der Waals surface area contributed by atoms with Crippen molar-refractivity contribution in [3.63, 3.8) is 0 Å². The van der Waals surface area contributed by atoms with Crippen LogP contribution in [-0.4, -0.2) is 52.3 Å². The molecule has 12 heteroatoms. The molecule has 4 heterocycles. The van der Waals surface area contributed by atoms with Crippen LogP contribution in [0.2, 0.25) is 0 Å². The highest BCUT2D eigenvalue weighted by molar-refractivity contribution is 5.98. The maximum absolute atomic E-state index is 13.0. The van der Waals surface area contributed by atoms with Crippen LogP contribution >= 0.6 is 0 Å². The van der Waals surface area contributed by atoms with Crippen LogP contribution < -0.4 is 19.7 Å². The summed E-state index contributed by atoms with van der Waals surface area (Å²) in [4.78, 5) is 30.8. The molecule has 3 aromatic heterocycles. The highest BCUT2D eigenvalue weighted by Gasteiger charge is 2.31. The molecule has 1 fully saturated rings. The van der Waals surface area contributed by atoms with Crippen LogP contribution in [0.15, 0.2) is 61.1 Å². The van der Waals surface area contributed by atoms with Crippen molar-refractivity contribution in [3.8, 4) is 0 Å². The smallest absolute Gasteiger partial charge is 0.430 e. The minimum Gasteiger partial charge on any atom is -0.542 e. The van der Waals surface area contributed by atoms with E-state index in [1.807, 2.05) is 59.3 Å². The number of alkyl halides is 3. The van der Waals surface area contributed by atoms with Crippen LogP contribution in [0.25, 0.3) is 16.3 Å². The highest BCUT2D eigenvalue weighted by Crippen LogP contribution is 2.17. The number of fused-ring (bicyclic) bond motifs is 2. The summed E-state index contributed by atoms with van der Waals surface area (Å²) in [5, 5.41) is 23.8. The third kappa shape index (κ3) is 6.22. The first-order valence-electron chi connectivity index (χ1n) is 11.5. The van der Waals surface area contributed by atoms with Crippen molar-refractivity contribution < 1.29 is 42.3 Å². The van der Waals surface area contributed by atoms with E-state index in [4.69, 9.17) is 9.90 Å². The Morgan fingerprint density at radius 3 is 2.62 bits per heavy atom. The van der Waals surface area contributed by atoms with Crippen molar-refractivity contribution in [2.75, 3.05) is 13.1 Å². The number of amides is 1. The molecule has 1 saturated heterocycles. The fraction of sp³-hybridized carbons (Fsp3) is 0.280. The molecule has 0 spiro atoms. The van der Waals surface area contributed by atoms with Gasteiger partial charge >= 0.3 is 12.0 Å². The number of carbonyl (C=O) groups is 2. The van der Waals surface area contributed by atoms with Crippen LogP contribution in [0.4, 0.5) is 13.2 Å². The van der Waals surface area contributed by atoms with Gasteiger partial charge in [0.1, 0.15) is 18.6 Å². The second-order valence-electron chi connectivity index (χ2n) is 8.71. The summed E-state index contributed by atoms with van der Waals surface area (Å²) in [7, 11) is 0. The van der Waals surface area contributed by atoms with E-state index in [1.165, 1.54) is 4.90 Å². The molecular formula is C25H25F3N5O4+. The summed E-state index contributed by atoms with van der Waals surface area (Å²) < 4.78 is 33.6. The molecule has 1 aliphatic heterocycles. The lowest BCUT2D eigenvalue weighted by Gasteiger charge is -2.08. The lowest BCUT2D eigenvalue weighted by atomic mass is 10.1. The van der Waals surface area contributed by atoms with Gasteiger partial charge in [-0.3, -0.25) is 9.78 Å².